The van der Waals surface area contributed by atoms with Crippen LogP contribution in [0.4, 0.5) is 0 Å². The van der Waals surface area contributed by atoms with Gasteiger partial charge in [-0.25, -0.2) is 0 Å². The van der Waals surface area contributed by atoms with Gasteiger partial charge in [-0.3, -0.25) is 9.69 Å². The third-order valence-electron chi connectivity index (χ3n) is 4.39. The molecule has 0 aromatic heterocycles. The number of nitrogens with two attached hydrogens (primary N) is 1. The van der Waals surface area contributed by atoms with E-state index in [0.717, 1.165) is 12.1 Å². The molecule has 1 aliphatic rings. The van der Waals surface area contributed by atoms with Crippen LogP contribution >= 0.6 is 0 Å². The molecule has 0 bridgehead atoms. The van der Waals surface area contributed by atoms with Crippen LogP contribution in [0.15, 0.2) is 30.3 Å². The van der Waals surface area contributed by atoms with Crippen LogP contribution in [0.1, 0.15) is 25.5 Å². The van der Waals surface area contributed by atoms with Gasteiger partial charge in [0.05, 0.1) is 6.61 Å². The molecule has 0 spiro atoms. The molecule has 1 saturated heterocycles. The third-order valence-corrected chi connectivity index (χ3v) is 4.39. The van der Waals surface area contributed by atoms with Crippen LogP contribution in [-0.2, 0) is 9.53 Å². The van der Waals surface area contributed by atoms with E-state index in [0.29, 0.717) is 31.8 Å². The van der Waals surface area contributed by atoms with E-state index in [1.807, 2.05) is 35.2 Å². The summed E-state index contributed by atoms with van der Waals surface area (Å²) in [5.74, 6) is 0.0105. The molecular formula is C17H27N3O2. The van der Waals surface area contributed by atoms with Gasteiger partial charge >= 0.3 is 0 Å². The summed E-state index contributed by atoms with van der Waals surface area (Å²) in [5, 5.41) is 0. The lowest BCUT2D eigenvalue weighted by Gasteiger charge is -2.45. The Morgan fingerprint density at radius 1 is 1.27 bits per heavy atom. The number of ether oxygens (including phenoxy) is 1. The number of methoxy groups -OCH3 is 1. The Morgan fingerprint density at radius 3 is 2.41 bits per heavy atom. The zero-order valence-electron chi connectivity index (χ0n) is 13.7. The van der Waals surface area contributed by atoms with Crippen molar-refractivity contribution in [1.82, 2.24) is 9.80 Å². The Labute approximate surface area is 133 Å². The molecule has 3 atom stereocenters. The predicted octanol–water partition coefficient (Wildman–Crippen LogP) is 1.25. The second-order valence-corrected chi connectivity index (χ2v) is 6.06. The van der Waals surface area contributed by atoms with Gasteiger partial charge in [-0.2, -0.15) is 0 Å². The monoisotopic (exact) mass is 305 g/mol. The fraction of sp³-hybridized carbons (Fsp3) is 0.588. The molecule has 0 unspecified atom stereocenters. The van der Waals surface area contributed by atoms with Gasteiger partial charge in [0.2, 0.25) is 5.91 Å². The van der Waals surface area contributed by atoms with Crippen molar-refractivity contribution in [2.24, 2.45) is 5.73 Å². The molecule has 5 nitrogen and oxygen atoms in total. The van der Waals surface area contributed by atoms with Crippen LogP contribution < -0.4 is 5.73 Å². The molecule has 5 heteroatoms. The van der Waals surface area contributed by atoms with E-state index in [4.69, 9.17) is 10.5 Å². The van der Waals surface area contributed by atoms with E-state index >= 15 is 0 Å². The van der Waals surface area contributed by atoms with E-state index in [1.165, 1.54) is 0 Å². The first-order valence-electron chi connectivity index (χ1n) is 7.88. The highest BCUT2D eigenvalue weighted by atomic mass is 16.5. The zero-order chi connectivity index (χ0) is 16.1. The van der Waals surface area contributed by atoms with Crippen molar-refractivity contribution in [3.8, 4) is 0 Å². The molecule has 1 aliphatic heterocycles. The highest BCUT2D eigenvalue weighted by molar-refractivity contribution is 5.83. The van der Waals surface area contributed by atoms with Gasteiger partial charge in [-0.15, -0.1) is 0 Å². The zero-order valence-corrected chi connectivity index (χ0v) is 13.7. The SMILES string of the molecule is COCCN1[C@H](C)CN(C(=O)[C@@H](N)c2ccccc2)C[C@@H]1C. The van der Waals surface area contributed by atoms with Crippen LogP contribution in [-0.4, -0.2) is 61.1 Å². The average Bonchev–Trinajstić information content (AvgIpc) is 2.53. The quantitative estimate of drug-likeness (QED) is 0.889. The smallest absolute Gasteiger partial charge is 0.244 e. The molecule has 22 heavy (non-hydrogen) atoms. The number of hydrogen-bond donors (Lipinski definition) is 1. The minimum absolute atomic E-state index is 0.0105. The summed E-state index contributed by atoms with van der Waals surface area (Å²) < 4.78 is 5.17. The van der Waals surface area contributed by atoms with Crippen molar-refractivity contribution < 1.29 is 9.53 Å². The fourth-order valence-electron chi connectivity index (χ4n) is 3.17. The van der Waals surface area contributed by atoms with Crippen molar-refractivity contribution >= 4 is 5.91 Å². The number of nitrogens with zero attached hydrogens (tertiary/aromatic N) is 2. The van der Waals surface area contributed by atoms with E-state index < -0.39 is 6.04 Å². The second-order valence-electron chi connectivity index (χ2n) is 6.06. The highest BCUT2D eigenvalue weighted by Gasteiger charge is 2.33. The van der Waals surface area contributed by atoms with Gasteiger partial charge in [-0.05, 0) is 19.4 Å². The molecule has 1 aromatic carbocycles. The van der Waals surface area contributed by atoms with Crippen LogP contribution in [0.3, 0.4) is 0 Å². The van der Waals surface area contributed by atoms with Crippen LogP contribution in [0.5, 0.6) is 0 Å². The number of hydrogen-bond acceptors (Lipinski definition) is 4. The number of carbonyl (C=O) groups excluding carboxylic acids is 1. The molecule has 1 aromatic rings. The maximum Gasteiger partial charge on any atom is 0.244 e. The van der Waals surface area contributed by atoms with E-state index in [9.17, 15) is 4.79 Å². The lowest BCUT2D eigenvalue weighted by atomic mass is 10.0. The second kappa shape index (κ2) is 7.72. The summed E-state index contributed by atoms with van der Waals surface area (Å²) >= 11 is 0. The number of piperazine rings is 1. The number of carbonyl (C=O) groups is 1. The average molecular weight is 305 g/mol. The van der Waals surface area contributed by atoms with E-state index in [-0.39, 0.29) is 5.91 Å². The number of rotatable bonds is 5. The van der Waals surface area contributed by atoms with Crippen molar-refractivity contribution in [2.75, 3.05) is 33.4 Å². The van der Waals surface area contributed by atoms with Gasteiger partial charge in [0.15, 0.2) is 0 Å². The third kappa shape index (κ3) is 3.85. The van der Waals surface area contributed by atoms with Crippen molar-refractivity contribution in [3.63, 3.8) is 0 Å². The highest BCUT2D eigenvalue weighted by Crippen LogP contribution is 2.19. The Balaban J connectivity index is 2.00. The molecule has 0 aliphatic carbocycles. The minimum Gasteiger partial charge on any atom is -0.383 e. The summed E-state index contributed by atoms with van der Waals surface area (Å²) in [4.78, 5) is 17.0. The molecule has 1 amide bonds. The molecule has 122 valence electrons. The van der Waals surface area contributed by atoms with Crippen LogP contribution in [0.2, 0.25) is 0 Å². The van der Waals surface area contributed by atoms with E-state index in [2.05, 4.69) is 18.7 Å². The predicted molar refractivity (Wildman–Crippen MR) is 87.5 cm³/mol. The standard InChI is InChI=1S/C17H27N3O2/c1-13-11-19(12-14(2)20(13)9-10-22-3)17(21)16(18)15-7-5-4-6-8-15/h4-8,13-14,16H,9-12,18H2,1-3H3/t13-,14+,16-/m0/s1. The van der Waals surface area contributed by atoms with Crippen LogP contribution in [0.25, 0.3) is 0 Å². The fourth-order valence-corrected chi connectivity index (χ4v) is 3.17. The largest absolute Gasteiger partial charge is 0.383 e. The molecule has 2 N–H and O–H groups in total. The van der Waals surface area contributed by atoms with Crippen molar-refractivity contribution in [2.45, 2.75) is 32.0 Å². The molecule has 0 radical (unpaired) electrons. The lowest BCUT2D eigenvalue weighted by molar-refractivity contribution is -0.137. The van der Waals surface area contributed by atoms with Gasteiger partial charge in [0.25, 0.3) is 0 Å². The molecular weight excluding hydrogens is 278 g/mol. The summed E-state index contributed by atoms with van der Waals surface area (Å²) in [5.41, 5.74) is 7.02. The maximum absolute atomic E-state index is 12.7. The number of amides is 1. The number of benzene rings is 1. The molecule has 2 rings (SSSR count). The molecule has 1 fully saturated rings. The first kappa shape index (κ1) is 16.9. The molecule has 0 saturated carbocycles. The van der Waals surface area contributed by atoms with Gasteiger partial charge in [-0.1, -0.05) is 30.3 Å². The van der Waals surface area contributed by atoms with Gasteiger partial charge in [0.1, 0.15) is 6.04 Å². The lowest BCUT2D eigenvalue weighted by Crippen LogP contribution is -2.59. The Bertz CT molecular complexity index is 468. The van der Waals surface area contributed by atoms with Gasteiger partial charge < -0.3 is 15.4 Å². The van der Waals surface area contributed by atoms with Crippen molar-refractivity contribution in [3.05, 3.63) is 35.9 Å². The van der Waals surface area contributed by atoms with E-state index in [1.54, 1.807) is 7.11 Å². The van der Waals surface area contributed by atoms with Gasteiger partial charge in [0, 0.05) is 38.8 Å². The summed E-state index contributed by atoms with van der Waals surface area (Å²) in [6.07, 6.45) is 0. The topological polar surface area (TPSA) is 58.8 Å². The maximum atomic E-state index is 12.7. The summed E-state index contributed by atoms with van der Waals surface area (Å²) in [6, 6.07) is 9.61. The summed E-state index contributed by atoms with van der Waals surface area (Å²) in [7, 11) is 1.72. The normalized spacial score (nSPS) is 24.3. The first-order chi connectivity index (χ1) is 10.5. The van der Waals surface area contributed by atoms with Crippen molar-refractivity contribution in [1.29, 1.82) is 0 Å². The minimum atomic E-state index is -0.578. The Hall–Kier alpha value is -1.43. The Morgan fingerprint density at radius 2 is 1.86 bits per heavy atom. The Kier molecular flexibility index (Phi) is 5.94. The summed E-state index contributed by atoms with van der Waals surface area (Å²) in [6.45, 7) is 7.35. The molecule has 1 heterocycles. The first-order valence-corrected chi connectivity index (χ1v) is 7.88. The van der Waals surface area contributed by atoms with Crippen LogP contribution in [0, 0.1) is 0 Å².